The first-order chi connectivity index (χ1) is 11.7. The Balaban J connectivity index is 1.79. The Labute approximate surface area is 142 Å². The standard InChI is InChI=1S/C16H16N6OS/c1-4-11-9-13(21(2)19-11)14-17-18-16-22(14)20-15(24-16)10-5-7-12(23-3)8-6-10/h5-9H,4H2,1-3H3. The lowest BCUT2D eigenvalue weighted by Crippen LogP contribution is -1.98. The van der Waals surface area contributed by atoms with E-state index in [1.54, 1.807) is 11.6 Å². The Morgan fingerprint density at radius 1 is 1.12 bits per heavy atom. The van der Waals surface area contributed by atoms with Crippen molar-refractivity contribution in [1.82, 2.24) is 29.6 Å². The molecule has 0 saturated carbocycles. The molecule has 8 heteroatoms. The van der Waals surface area contributed by atoms with Crippen LogP contribution in [0.25, 0.3) is 27.1 Å². The van der Waals surface area contributed by atoms with Gasteiger partial charge >= 0.3 is 0 Å². The van der Waals surface area contributed by atoms with Gasteiger partial charge in [0.05, 0.1) is 12.8 Å². The van der Waals surface area contributed by atoms with Gasteiger partial charge in [0.25, 0.3) is 0 Å². The van der Waals surface area contributed by atoms with Crippen LogP contribution >= 0.6 is 11.3 Å². The number of aryl methyl sites for hydroxylation is 2. The van der Waals surface area contributed by atoms with Gasteiger partial charge in [-0.05, 0) is 36.8 Å². The summed E-state index contributed by atoms with van der Waals surface area (Å²) < 4.78 is 8.80. The molecule has 0 unspecified atom stereocenters. The van der Waals surface area contributed by atoms with Gasteiger partial charge in [0.15, 0.2) is 0 Å². The monoisotopic (exact) mass is 340 g/mol. The van der Waals surface area contributed by atoms with E-state index in [2.05, 4.69) is 27.3 Å². The van der Waals surface area contributed by atoms with Crippen molar-refractivity contribution in [1.29, 1.82) is 0 Å². The number of aromatic nitrogens is 6. The molecule has 0 bridgehead atoms. The molecule has 0 aliphatic rings. The Hall–Kier alpha value is -2.74. The van der Waals surface area contributed by atoms with Crippen molar-refractivity contribution >= 4 is 16.3 Å². The highest BCUT2D eigenvalue weighted by Gasteiger charge is 2.17. The molecule has 24 heavy (non-hydrogen) atoms. The van der Waals surface area contributed by atoms with Crippen LogP contribution in [0.4, 0.5) is 0 Å². The lowest BCUT2D eigenvalue weighted by Gasteiger charge is -2.00. The fourth-order valence-electron chi connectivity index (χ4n) is 2.54. The lowest BCUT2D eigenvalue weighted by molar-refractivity contribution is 0.415. The maximum atomic E-state index is 5.20. The molecule has 122 valence electrons. The largest absolute Gasteiger partial charge is 0.497 e. The predicted octanol–water partition coefficient (Wildman–Crippen LogP) is 2.82. The van der Waals surface area contributed by atoms with E-state index in [-0.39, 0.29) is 0 Å². The molecule has 0 N–H and O–H groups in total. The molecule has 0 fully saturated rings. The fourth-order valence-corrected chi connectivity index (χ4v) is 3.38. The van der Waals surface area contributed by atoms with Crippen molar-refractivity contribution in [2.45, 2.75) is 13.3 Å². The second-order valence-electron chi connectivity index (χ2n) is 5.35. The van der Waals surface area contributed by atoms with E-state index in [1.807, 2.05) is 42.1 Å². The van der Waals surface area contributed by atoms with Crippen molar-refractivity contribution in [3.63, 3.8) is 0 Å². The molecule has 3 heterocycles. The van der Waals surface area contributed by atoms with Gasteiger partial charge in [-0.3, -0.25) is 4.68 Å². The van der Waals surface area contributed by atoms with Gasteiger partial charge in [-0.1, -0.05) is 18.3 Å². The molecule has 0 radical (unpaired) electrons. The van der Waals surface area contributed by atoms with E-state index in [0.717, 1.165) is 39.1 Å². The highest BCUT2D eigenvalue weighted by Crippen LogP contribution is 2.29. The smallest absolute Gasteiger partial charge is 0.235 e. The van der Waals surface area contributed by atoms with E-state index in [1.165, 1.54) is 11.3 Å². The highest BCUT2D eigenvalue weighted by molar-refractivity contribution is 7.19. The predicted molar refractivity (Wildman–Crippen MR) is 92.2 cm³/mol. The summed E-state index contributed by atoms with van der Waals surface area (Å²) in [7, 11) is 3.56. The van der Waals surface area contributed by atoms with Crippen LogP contribution in [0.5, 0.6) is 5.75 Å². The first-order valence-electron chi connectivity index (χ1n) is 7.59. The molecule has 0 aliphatic heterocycles. The van der Waals surface area contributed by atoms with E-state index < -0.39 is 0 Å². The molecule has 1 aromatic carbocycles. The first-order valence-corrected chi connectivity index (χ1v) is 8.41. The molecule has 4 aromatic rings. The highest BCUT2D eigenvalue weighted by atomic mass is 32.1. The van der Waals surface area contributed by atoms with Crippen LogP contribution in [0, 0.1) is 0 Å². The second kappa shape index (κ2) is 5.72. The first kappa shape index (κ1) is 14.8. The molecule has 0 spiro atoms. The van der Waals surface area contributed by atoms with Crippen molar-refractivity contribution in [2.75, 3.05) is 7.11 Å². The normalized spacial score (nSPS) is 11.3. The number of hydrogen-bond acceptors (Lipinski definition) is 6. The quantitative estimate of drug-likeness (QED) is 0.571. The third kappa shape index (κ3) is 2.35. The van der Waals surface area contributed by atoms with Gasteiger partial charge in [-0.15, -0.1) is 10.2 Å². The van der Waals surface area contributed by atoms with Gasteiger partial charge in [-0.2, -0.15) is 14.7 Å². The summed E-state index contributed by atoms with van der Waals surface area (Å²) in [6, 6.07) is 9.86. The molecule has 4 rings (SSSR count). The second-order valence-corrected chi connectivity index (χ2v) is 6.31. The molecule has 7 nitrogen and oxygen atoms in total. The number of ether oxygens (including phenoxy) is 1. The summed E-state index contributed by atoms with van der Waals surface area (Å²) in [6.07, 6.45) is 0.879. The summed E-state index contributed by atoms with van der Waals surface area (Å²) in [5.41, 5.74) is 2.96. The zero-order valence-corrected chi connectivity index (χ0v) is 14.4. The van der Waals surface area contributed by atoms with Crippen LogP contribution in [0.15, 0.2) is 30.3 Å². The summed E-state index contributed by atoms with van der Waals surface area (Å²) in [5.74, 6) is 1.53. The number of nitrogens with zero attached hydrogens (tertiary/aromatic N) is 6. The average Bonchev–Trinajstić information content (AvgIpc) is 3.28. The minimum Gasteiger partial charge on any atom is -0.497 e. The molecular formula is C16H16N6OS. The van der Waals surface area contributed by atoms with Crippen LogP contribution in [0.1, 0.15) is 12.6 Å². The fraction of sp³-hybridized carbons (Fsp3) is 0.250. The maximum Gasteiger partial charge on any atom is 0.235 e. The van der Waals surface area contributed by atoms with Crippen molar-refractivity contribution in [2.24, 2.45) is 7.05 Å². The van der Waals surface area contributed by atoms with Gasteiger partial charge in [-0.25, -0.2) is 0 Å². The zero-order chi connectivity index (χ0) is 16.7. The number of methoxy groups -OCH3 is 1. The summed E-state index contributed by atoms with van der Waals surface area (Å²) in [5, 5.41) is 18.6. The minimum absolute atomic E-state index is 0.704. The third-order valence-electron chi connectivity index (χ3n) is 3.85. The molecule has 0 aliphatic carbocycles. The number of fused-ring (bicyclic) bond motifs is 1. The van der Waals surface area contributed by atoms with Gasteiger partial charge in [0.2, 0.25) is 10.8 Å². The Morgan fingerprint density at radius 3 is 2.58 bits per heavy atom. The topological polar surface area (TPSA) is 70.1 Å². The van der Waals surface area contributed by atoms with E-state index in [4.69, 9.17) is 4.74 Å². The van der Waals surface area contributed by atoms with Gasteiger partial charge in [0, 0.05) is 12.6 Å². The van der Waals surface area contributed by atoms with Crippen LogP contribution in [-0.2, 0) is 13.5 Å². The molecule has 3 aromatic heterocycles. The zero-order valence-electron chi connectivity index (χ0n) is 13.6. The summed E-state index contributed by atoms with van der Waals surface area (Å²) in [4.78, 5) is 0.759. The molecule has 0 atom stereocenters. The Morgan fingerprint density at radius 2 is 1.92 bits per heavy atom. The minimum atomic E-state index is 0.704. The van der Waals surface area contributed by atoms with Crippen molar-refractivity contribution in [3.05, 3.63) is 36.0 Å². The van der Waals surface area contributed by atoms with Crippen molar-refractivity contribution < 1.29 is 4.74 Å². The average molecular weight is 340 g/mol. The van der Waals surface area contributed by atoms with E-state index >= 15 is 0 Å². The lowest BCUT2D eigenvalue weighted by atomic mass is 10.2. The van der Waals surface area contributed by atoms with Gasteiger partial charge < -0.3 is 4.74 Å². The number of hydrogen-bond donors (Lipinski definition) is 0. The van der Waals surface area contributed by atoms with E-state index in [9.17, 15) is 0 Å². The Bertz CT molecular complexity index is 998. The third-order valence-corrected chi connectivity index (χ3v) is 4.80. The SMILES string of the molecule is CCc1cc(-c2nnc3sc(-c4ccc(OC)cc4)nn23)n(C)n1. The molecule has 0 amide bonds. The Kier molecular flexibility index (Phi) is 3.53. The van der Waals surface area contributed by atoms with Crippen LogP contribution in [-0.4, -0.2) is 36.7 Å². The summed E-state index contributed by atoms with van der Waals surface area (Å²) in [6.45, 7) is 2.08. The summed E-state index contributed by atoms with van der Waals surface area (Å²) >= 11 is 1.51. The van der Waals surface area contributed by atoms with Gasteiger partial charge in [0.1, 0.15) is 16.5 Å². The number of benzene rings is 1. The molecular weight excluding hydrogens is 324 g/mol. The van der Waals surface area contributed by atoms with Crippen LogP contribution in [0.2, 0.25) is 0 Å². The maximum absolute atomic E-state index is 5.20. The van der Waals surface area contributed by atoms with Crippen LogP contribution in [0.3, 0.4) is 0 Å². The van der Waals surface area contributed by atoms with Crippen molar-refractivity contribution in [3.8, 4) is 27.8 Å². The number of rotatable bonds is 4. The molecule has 0 saturated heterocycles. The van der Waals surface area contributed by atoms with E-state index in [0.29, 0.717) is 5.82 Å². The van der Waals surface area contributed by atoms with Crippen LogP contribution < -0.4 is 4.74 Å².